The van der Waals surface area contributed by atoms with E-state index in [1.807, 2.05) is 11.0 Å². The van der Waals surface area contributed by atoms with Crippen LogP contribution in [-0.4, -0.2) is 58.7 Å². The van der Waals surface area contributed by atoms with Crippen LogP contribution in [0.25, 0.3) is 32.9 Å². The number of pyridine rings is 1. The molecule has 6 heterocycles. The first-order chi connectivity index (χ1) is 27.7. The Morgan fingerprint density at radius 1 is 1.02 bits per heavy atom. The quantitative estimate of drug-likeness (QED) is 0.146. The molecule has 2 bridgehead atoms. The summed E-state index contributed by atoms with van der Waals surface area (Å²) >= 11 is 13.2. The van der Waals surface area contributed by atoms with E-state index < -0.39 is 29.6 Å². The van der Waals surface area contributed by atoms with Crippen molar-refractivity contribution in [1.82, 2.24) is 25.1 Å². The third-order valence-electron chi connectivity index (χ3n) is 13.1. The van der Waals surface area contributed by atoms with Gasteiger partial charge in [0, 0.05) is 83.5 Å². The number of rotatable bonds is 10. The minimum absolute atomic E-state index is 0.0206. The van der Waals surface area contributed by atoms with Gasteiger partial charge in [-0.15, -0.1) is 0 Å². The van der Waals surface area contributed by atoms with Gasteiger partial charge in [-0.1, -0.05) is 41.4 Å². The van der Waals surface area contributed by atoms with Crippen LogP contribution in [0.1, 0.15) is 79.0 Å². The van der Waals surface area contributed by atoms with Gasteiger partial charge >= 0.3 is 0 Å². The average molecular weight is 814 g/mol. The number of fused-ring (bicyclic) bond motifs is 4. The molecule has 0 radical (unpaired) electrons. The number of amides is 1. The molecule has 2 N–H and O–H groups in total. The Balaban J connectivity index is 1.19. The van der Waals surface area contributed by atoms with Gasteiger partial charge in [0.2, 0.25) is 5.91 Å². The van der Waals surface area contributed by atoms with Crippen LogP contribution in [0.3, 0.4) is 0 Å². The Hall–Kier alpha value is -4.18. The zero-order chi connectivity index (χ0) is 39.1. The van der Waals surface area contributed by atoms with Crippen molar-refractivity contribution in [3.05, 3.63) is 98.5 Å². The van der Waals surface area contributed by atoms with Gasteiger partial charge < -0.3 is 24.8 Å². The summed E-state index contributed by atoms with van der Waals surface area (Å²) in [6, 6.07) is 15.2. The molecule has 1 unspecified atom stereocenters. The molecular weight excluding hydrogens is 772 g/mol. The molecular formula is C44H41Cl2F3N6O2. The molecule has 0 spiro atoms. The number of hydrogen-bond donors (Lipinski definition) is 2. The van der Waals surface area contributed by atoms with E-state index in [0.717, 1.165) is 61.1 Å². The highest BCUT2D eigenvalue weighted by Crippen LogP contribution is 2.52. The largest absolute Gasteiger partial charge is 0.371 e. The van der Waals surface area contributed by atoms with E-state index >= 15 is 4.39 Å². The molecule has 6 atom stereocenters. The van der Waals surface area contributed by atoms with Gasteiger partial charge in [0.1, 0.15) is 17.2 Å². The highest BCUT2D eigenvalue weighted by atomic mass is 35.5. The lowest BCUT2D eigenvalue weighted by molar-refractivity contribution is -0.134. The van der Waals surface area contributed by atoms with Crippen molar-refractivity contribution < 1.29 is 22.7 Å². The van der Waals surface area contributed by atoms with E-state index in [0.29, 0.717) is 52.5 Å². The monoisotopic (exact) mass is 812 g/mol. The summed E-state index contributed by atoms with van der Waals surface area (Å²) in [5, 5.41) is 19.0. The zero-order valence-electron chi connectivity index (χ0n) is 31.1. The van der Waals surface area contributed by atoms with Gasteiger partial charge in [-0.05, 0) is 80.5 Å². The van der Waals surface area contributed by atoms with Gasteiger partial charge in [0.15, 0.2) is 5.82 Å². The summed E-state index contributed by atoms with van der Waals surface area (Å²) in [6.45, 7) is 2.40. The van der Waals surface area contributed by atoms with Crippen molar-refractivity contribution in [2.75, 3.05) is 26.2 Å². The maximum Gasteiger partial charge on any atom is 0.226 e. The fourth-order valence-electron chi connectivity index (χ4n) is 10.0. The number of nitrogens with one attached hydrogen (secondary N) is 2. The predicted molar refractivity (Wildman–Crippen MR) is 212 cm³/mol. The molecule has 2 aliphatic carbocycles. The van der Waals surface area contributed by atoms with Crippen molar-refractivity contribution in [3.63, 3.8) is 0 Å². The molecule has 2 saturated carbocycles. The highest BCUT2D eigenvalue weighted by Gasteiger charge is 2.51. The summed E-state index contributed by atoms with van der Waals surface area (Å²) in [5.74, 6) is -1.49. The predicted octanol–water partition coefficient (Wildman–Crippen LogP) is 8.92. The second kappa shape index (κ2) is 14.6. The molecule has 8 nitrogen and oxygen atoms in total. The van der Waals surface area contributed by atoms with Gasteiger partial charge in [-0.3, -0.25) is 4.79 Å². The molecule has 5 aromatic rings. The molecule has 1 amide bonds. The first-order valence-electron chi connectivity index (χ1n) is 20.0. The van der Waals surface area contributed by atoms with Crippen molar-refractivity contribution in [1.29, 1.82) is 5.26 Å². The highest BCUT2D eigenvalue weighted by molar-refractivity contribution is 6.43. The molecule has 6 aliphatic rings. The Kier molecular flexibility index (Phi) is 9.49. The second-order valence-electron chi connectivity index (χ2n) is 16.4. The van der Waals surface area contributed by atoms with Crippen LogP contribution in [0.15, 0.2) is 48.5 Å². The van der Waals surface area contributed by atoms with Gasteiger partial charge in [-0.25, -0.2) is 18.2 Å². The van der Waals surface area contributed by atoms with Crippen LogP contribution in [0, 0.1) is 40.6 Å². The fourth-order valence-corrected chi connectivity index (χ4v) is 10.4. The normalized spacial score (nSPS) is 25.4. The number of ether oxygens (including phenoxy) is 1. The Labute approximate surface area is 338 Å². The van der Waals surface area contributed by atoms with E-state index in [1.165, 1.54) is 18.2 Å². The van der Waals surface area contributed by atoms with Crippen molar-refractivity contribution in [3.8, 4) is 17.2 Å². The number of nitrogens with zero attached hydrogens (tertiary/aromatic N) is 4. The van der Waals surface area contributed by atoms with Crippen LogP contribution < -0.4 is 10.6 Å². The first-order valence-corrected chi connectivity index (χ1v) is 20.8. The van der Waals surface area contributed by atoms with Crippen LogP contribution >= 0.6 is 23.2 Å². The Morgan fingerprint density at radius 2 is 1.82 bits per heavy atom. The van der Waals surface area contributed by atoms with Crippen molar-refractivity contribution in [2.24, 2.45) is 11.8 Å². The number of likely N-dealkylation sites (tertiary alicyclic amines) is 1. The summed E-state index contributed by atoms with van der Waals surface area (Å²) in [7, 11) is 0. The second-order valence-corrected chi connectivity index (χ2v) is 17.2. The van der Waals surface area contributed by atoms with Crippen molar-refractivity contribution >= 4 is 50.9 Å². The standard InChI is InChI=1S/C44H41Cl2F3N6O2/c45-31-6-1-5-27(38(31)46)37-23(4-3-12-50)14-28-41(39(37)49)53-40(24-11-13-51-18-24)29-17-36(55(43(28)29)42-25-15-34(42)52-19-25)35-16-26(20-54(35)44(56)22-9-10-22)57-21-30-32(47)7-2-8-33(30)48/h1-2,5-8,14,17,22,24-26,34-35,42,51-52H,3-4,9-11,13,15-16,18-21H2/t24?,25-,26+,34-,35-,42+/m1/s1. The summed E-state index contributed by atoms with van der Waals surface area (Å²) in [4.78, 5) is 21.3. The van der Waals surface area contributed by atoms with E-state index in [1.54, 1.807) is 18.2 Å². The number of benzene rings is 3. The lowest BCUT2D eigenvalue weighted by Gasteiger charge is -2.39. The summed E-state index contributed by atoms with van der Waals surface area (Å²) in [6.07, 6.45) is 3.92. The van der Waals surface area contributed by atoms with Crippen LogP contribution in [0.5, 0.6) is 0 Å². The van der Waals surface area contributed by atoms with E-state index in [4.69, 9.17) is 32.9 Å². The topological polar surface area (TPSA) is 95.2 Å². The number of hydrogen-bond acceptors (Lipinski definition) is 6. The van der Waals surface area contributed by atoms with Crippen LogP contribution in [-0.2, 0) is 22.6 Å². The van der Waals surface area contributed by atoms with E-state index in [-0.39, 0.29) is 65.4 Å². The van der Waals surface area contributed by atoms with Gasteiger partial charge in [0.25, 0.3) is 0 Å². The average Bonchev–Trinajstić information content (AvgIpc) is 3.72. The number of nitriles is 1. The third-order valence-corrected chi connectivity index (χ3v) is 13.9. The SMILES string of the molecule is N#CCCc1cc2c(nc(C3CCNC3)c3cc([C@H]4C[C@H](OCc5c(F)cccc5F)CN4C(=O)C4CC4)n([C@H]4[C@H]5CN[C@@H]4C5)c32)c(F)c1-c1cccc(Cl)c1Cl. The van der Waals surface area contributed by atoms with E-state index in [9.17, 15) is 18.8 Å². The first kappa shape index (κ1) is 37.1. The molecule has 3 aromatic carbocycles. The maximum absolute atomic E-state index is 17.6. The lowest BCUT2D eigenvalue weighted by atomic mass is 9.79. The van der Waals surface area contributed by atoms with Crippen LogP contribution in [0.4, 0.5) is 13.2 Å². The molecule has 294 valence electrons. The molecule has 6 fully saturated rings. The van der Waals surface area contributed by atoms with Gasteiger partial charge in [-0.2, -0.15) is 5.26 Å². The minimum Gasteiger partial charge on any atom is -0.371 e. The minimum atomic E-state index is -0.668. The summed E-state index contributed by atoms with van der Waals surface area (Å²) in [5.41, 5.74) is 4.08. The van der Waals surface area contributed by atoms with Crippen molar-refractivity contribution in [2.45, 2.75) is 81.7 Å². The Morgan fingerprint density at radius 3 is 2.53 bits per heavy atom. The zero-order valence-corrected chi connectivity index (χ0v) is 32.7. The Bertz CT molecular complexity index is 2460. The molecule has 4 aliphatic heterocycles. The molecule has 13 heteroatoms. The maximum atomic E-state index is 17.6. The molecule has 11 rings (SSSR count). The third kappa shape index (κ3) is 6.22. The molecule has 57 heavy (non-hydrogen) atoms. The number of aryl methyl sites for hydroxylation is 1. The number of carbonyl (C=O) groups is 1. The summed E-state index contributed by atoms with van der Waals surface area (Å²) < 4.78 is 55.7. The number of aromatic nitrogens is 2. The molecule has 4 saturated heterocycles. The number of halogens is 5. The van der Waals surface area contributed by atoms with E-state index in [2.05, 4.69) is 27.3 Å². The molecule has 2 aromatic heterocycles. The smallest absolute Gasteiger partial charge is 0.226 e. The van der Waals surface area contributed by atoms with Gasteiger partial charge in [0.05, 0.1) is 52.1 Å². The number of carbonyl (C=O) groups excluding carboxylic acids is 1. The lowest BCUT2D eigenvalue weighted by Crippen LogP contribution is -2.41. The fraction of sp³-hybridized carbons (Fsp3) is 0.432. The van der Waals surface area contributed by atoms with Crippen LogP contribution in [0.2, 0.25) is 10.0 Å².